The molecule has 2 N–H and O–H groups in total. The van der Waals surface area contributed by atoms with Crippen LogP contribution >= 0.6 is 0 Å². The first-order valence-corrected chi connectivity index (χ1v) is 10.6. The predicted molar refractivity (Wildman–Crippen MR) is 119 cm³/mol. The summed E-state index contributed by atoms with van der Waals surface area (Å²) in [7, 11) is 0. The molecule has 5 rings (SSSR count). The van der Waals surface area contributed by atoms with Crippen LogP contribution in [0.2, 0.25) is 0 Å². The van der Waals surface area contributed by atoms with Crippen LogP contribution in [0.15, 0.2) is 48.9 Å². The maximum atomic E-state index is 15.4. The number of rotatable bonds is 3. The van der Waals surface area contributed by atoms with Crippen LogP contribution in [0, 0.1) is 0 Å². The molecule has 1 aliphatic rings. The third-order valence-electron chi connectivity index (χ3n) is 6.17. The second kappa shape index (κ2) is 7.09. The average Bonchev–Trinajstić information content (AvgIpc) is 3.39. The summed E-state index contributed by atoms with van der Waals surface area (Å²) in [5, 5.41) is 31.3. The lowest BCUT2D eigenvalue weighted by Crippen LogP contribution is -2.64. The zero-order valence-corrected chi connectivity index (χ0v) is 18.5. The van der Waals surface area contributed by atoms with E-state index in [2.05, 4.69) is 39.7 Å². The number of piperidine rings is 1. The van der Waals surface area contributed by atoms with Gasteiger partial charge in [-0.25, -0.2) is 9.07 Å². The Balaban J connectivity index is 1.51. The van der Waals surface area contributed by atoms with Crippen LogP contribution in [-0.2, 0) is 0 Å². The van der Waals surface area contributed by atoms with Crippen molar-refractivity contribution in [1.82, 2.24) is 35.1 Å². The number of phenols is 1. The molecular weight excluding hydrogens is 409 g/mol. The Kier molecular flexibility index (Phi) is 4.56. The first-order valence-electron chi connectivity index (χ1n) is 10.6. The van der Waals surface area contributed by atoms with Crippen molar-refractivity contribution in [2.75, 3.05) is 0 Å². The average molecular weight is 436 g/mol. The fourth-order valence-corrected chi connectivity index (χ4v) is 4.92. The van der Waals surface area contributed by atoms with E-state index in [-0.39, 0.29) is 17.3 Å². The third kappa shape index (κ3) is 3.42. The molecule has 166 valence electrons. The number of alkyl halides is 1. The molecule has 0 spiro atoms. The molecular formula is C23H26FN7O. The molecule has 8 nitrogen and oxygen atoms in total. The normalized spacial score (nSPS) is 22.3. The van der Waals surface area contributed by atoms with Gasteiger partial charge in [0, 0.05) is 34.3 Å². The number of fused-ring (bicyclic) bond motifs is 1. The predicted octanol–water partition coefficient (Wildman–Crippen LogP) is 3.81. The van der Waals surface area contributed by atoms with Crippen LogP contribution in [-0.4, -0.2) is 52.1 Å². The van der Waals surface area contributed by atoms with Crippen LogP contribution in [0.3, 0.4) is 0 Å². The first-order chi connectivity index (χ1) is 15.1. The van der Waals surface area contributed by atoms with Crippen LogP contribution in [0.1, 0.15) is 40.2 Å². The summed E-state index contributed by atoms with van der Waals surface area (Å²) < 4.78 is 18.9. The largest absolute Gasteiger partial charge is 0.507 e. The molecule has 0 amide bonds. The van der Waals surface area contributed by atoms with Gasteiger partial charge in [-0.05, 0) is 58.4 Å². The zero-order valence-electron chi connectivity index (χ0n) is 18.5. The topological polar surface area (TPSA) is 93.7 Å². The van der Waals surface area contributed by atoms with Crippen LogP contribution < -0.4 is 5.32 Å². The van der Waals surface area contributed by atoms with E-state index in [9.17, 15) is 5.11 Å². The molecule has 9 heteroatoms. The number of aromatic nitrogens is 6. The lowest BCUT2D eigenvalue weighted by atomic mass is 9.78. The van der Waals surface area contributed by atoms with Crippen molar-refractivity contribution in [1.29, 1.82) is 0 Å². The zero-order chi connectivity index (χ0) is 22.7. The molecule has 1 aromatic carbocycles. The Labute approximate surface area is 185 Å². The number of halogens is 1. The summed E-state index contributed by atoms with van der Waals surface area (Å²) in [5.74, 6) is 0.0664. The number of nitrogens with zero attached hydrogens (tertiary/aromatic N) is 6. The standard InChI is InChI=1S/C23H26FN7O/c1-22(2)13-18(20(24)23(3,4)28-22)30-9-7-14-11-17(26-27-21(14)30)16-6-5-15(12-19(16)32)31-10-8-25-29-31/h5-12,18,20,28,32H,13H2,1-4H3/t18-,20-/m1/s1. The molecule has 0 bridgehead atoms. The summed E-state index contributed by atoms with van der Waals surface area (Å²) in [5.41, 5.74) is 1.55. The Morgan fingerprint density at radius 2 is 1.91 bits per heavy atom. The lowest BCUT2D eigenvalue weighted by molar-refractivity contribution is 0.0313. The molecule has 1 saturated heterocycles. The van der Waals surface area contributed by atoms with Gasteiger partial charge in [-0.15, -0.1) is 15.3 Å². The molecule has 3 aromatic heterocycles. The molecule has 4 aromatic rings. The minimum atomic E-state index is -1.08. The van der Waals surface area contributed by atoms with E-state index in [1.54, 1.807) is 29.2 Å². The van der Waals surface area contributed by atoms with E-state index in [4.69, 9.17) is 0 Å². The Morgan fingerprint density at radius 3 is 2.62 bits per heavy atom. The highest BCUT2D eigenvalue weighted by molar-refractivity contribution is 5.81. The van der Waals surface area contributed by atoms with E-state index in [1.807, 2.05) is 42.8 Å². The Bertz CT molecular complexity index is 1280. The quantitative estimate of drug-likeness (QED) is 0.508. The van der Waals surface area contributed by atoms with Crippen molar-refractivity contribution in [3.05, 3.63) is 48.9 Å². The maximum Gasteiger partial charge on any atom is 0.162 e. The number of nitrogens with one attached hydrogen (secondary N) is 1. The molecule has 0 aliphatic carbocycles. The molecule has 0 unspecified atom stereocenters. The maximum absolute atomic E-state index is 15.4. The molecule has 0 radical (unpaired) electrons. The van der Waals surface area contributed by atoms with Gasteiger partial charge in [0.2, 0.25) is 0 Å². The van der Waals surface area contributed by atoms with Gasteiger partial charge in [0.1, 0.15) is 11.9 Å². The van der Waals surface area contributed by atoms with Gasteiger partial charge in [-0.2, -0.15) is 0 Å². The highest BCUT2D eigenvalue weighted by Gasteiger charge is 2.47. The van der Waals surface area contributed by atoms with Gasteiger partial charge in [-0.1, -0.05) is 5.21 Å². The number of aromatic hydroxyl groups is 1. The molecule has 2 atom stereocenters. The second-order valence-electron chi connectivity index (χ2n) is 9.68. The van der Waals surface area contributed by atoms with E-state index in [0.29, 0.717) is 29.0 Å². The molecule has 1 fully saturated rings. The van der Waals surface area contributed by atoms with Crippen molar-refractivity contribution >= 4 is 11.0 Å². The van der Waals surface area contributed by atoms with Gasteiger partial charge >= 0.3 is 0 Å². The van der Waals surface area contributed by atoms with Crippen molar-refractivity contribution in [3.8, 4) is 22.7 Å². The van der Waals surface area contributed by atoms with Gasteiger partial charge in [0.05, 0.1) is 29.8 Å². The second-order valence-corrected chi connectivity index (χ2v) is 9.68. The lowest BCUT2D eigenvalue weighted by Gasteiger charge is -2.49. The van der Waals surface area contributed by atoms with Crippen molar-refractivity contribution < 1.29 is 9.50 Å². The van der Waals surface area contributed by atoms with Gasteiger partial charge in [0.25, 0.3) is 0 Å². The summed E-state index contributed by atoms with van der Waals surface area (Å²) in [6, 6.07) is 8.64. The minimum absolute atomic E-state index is 0.0664. The Hall–Kier alpha value is -3.33. The van der Waals surface area contributed by atoms with Crippen LogP contribution in [0.25, 0.3) is 28.0 Å². The van der Waals surface area contributed by atoms with Gasteiger partial charge < -0.3 is 15.0 Å². The number of hydrogen-bond acceptors (Lipinski definition) is 6. The fourth-order valence-electron chi connectivity index (χ4n) is 4.92. The van der Waals surface area contributed by atoms with Crippen LogP contribution in [0.4, 0.5) is 4.39 Å². The summed E-state index contributed by atoms with van der Waals surface area (Å²) in [4.78, 5) is 0. The first kappa shape index (κ1) is 20.6. The van der Waals surface area contributed by atoms with Gasteiger partial charge in [0.15, 0.2) is 5.65 Å². The van der Waals surface area contributed by atoms with E-state index in [0.717, 1.165) is 5.39 Å². The summed E-state index contributed by atoms with van der Waals surface area (Å²) in [6.45, 7) is 7.98. The third-order valence-corrected chi connectivity index (χ3v) is 6.17. The smallest absolute Gasteiger partial charge is 0.162 e. The Morgan fingerprint density at radius 1 is 1.09 bits per heavy atom. The number of hydrogen-bond donors (Lipinski definition) is 2. The van der Waals surface area contributed by atoms with Crippen molar-refractivity contribution in [2.45, 2.75) is 57.4 Å². The SMILES string of the molecule is CC1(C)C[C@@H](n2ccc3cc(-c4ccc(-n5ccnn5)cc4O)nnc32)[C@@H](F)C(C)(C)N1. The molecule has 32 heavy (non-hydrogen) atoms. The van der Waals surface area contributed by atoms with E-state index >= 15 is 4.39 Å². The summed E-state index contributed by atoms with van der Waals surface area (Å²) in [6.07, 6.45) is 4.70. The van der Waals surface area contributed by atoms with Crippen LogP contribution in [0.5, 0.6) is 5.75 Å². The van der Waals surface area contributed by atoms with Crippen molar-refractivity contribution in [3.63, 3.8) is 0 Å². The fraction of sp³-hybridized carbons (Fsp3) is 0.391. The molecule has 4 heterocycles. The monoisotopic (exact) mass is 435 g/mol. The minimum Gasteiger partial charge on any atom is -0.507 e. The number of phenolic OH excluding ortho intramolecular Hbond substituents is 1. The van der Waals surface area contributed by atoms with E-state index < -0.39 is 11.7 Å². The highest BCUT2D eigenvalue weighted by atomic mass is 19.1. The summed E-state index contributed by atoms with van der Waals surface area (Å²) >= 11 is 0. The molecule has 1 aliphatic heterocycles. The highest BCUT2D eigenvalue weighted by Crippen LogP contribution is 2.40. The van der Waals surface area contributed by atoms with Gasteiger partial charge in [-0.3, -0.25) is 0 Å². The molecule has 0 saturated carbocycles. The van der Waals surface area contributed by atoms with Crippen molar-refractivity contribution in [2.24, 2.45) is 0 Å². The van der Waals surface area contributed by atoms with E-state index in [1.165, 1.54) is 0 Å². The number of benzene rings is 1.